The van der Waals surface area contributed by atoms with Crippen molar-refractivity contribution in [2.45, 2.75) is 37.8 Å². The zero-order chi connectivity index (χ0) is 14.2. The van der Waals surface area contributed by atoms with Gasteiger partial charge >= 0.3 is 0 Å². The first-order chi connectivity index (χ1) is 10.3. The molecule has 1 aliphatic heterocycles. The number of aromatic nitrogens is 1. The quantitative estimate of drug-likeness (QED) is 0.915. The lowest BCUT2D eigenvalue weighted by Gasteiger charge is -2.28. The molecule has 110 valence electrons. The van der Waals surface area contributed by atoms with Crippen LogP contribution < -0.4 is 10.2 Å². The van der Waals surface area contributed by atoms with Crippen LogP contribution in [0.25, 0.3) is 10.8 Å². The number of benzene rings is 1. The molecule has 1 atom stereocenters. The van der Waals surface area contributed by atoms with Gasteiger partial charge in [-0.25, -0.2) is 4.98 Å². The molecule has 1 saturated carbocycles. The van der Waals surface area contributed by atoms with E-state index in [1.165, 1.54) is 36.5 Å². The summed E-state index contributed by atoms with van der Waals surface area (Å²) >= 11 is 3.66. The van der Waals surface area contributed by atoms with Crippen LogP contribution >= 0.6 is 15.9 Å². The van der Waals surface area contributed by atoms with E-state index in [-0.39, 0.29) is 0 Å². The highest BCUT2D eigenvalue weighted by Gasteiger charge is 2.33. The SMILES string of the molecule is Brc1cccc2c(N(CC3CCCN3)C3CC3)nccc12. The Morgan fingerprint density at radius 3 is 2.86 bits per heavy atom. The maximum Gasteiger partial charge on any atom is 0.136 e. The summed E-state index contributed by atoms with van der Waals surface area (Å²) in [6.45, 7) is 2.25. The van der Waals surface area contributed by atoms with Gasteiger partial charge in [-0.3, -0.25) is 0 Å². The van der Waals surface area contributed by atoms with E-state index in [0.717, 1.165) is 23.4 Å². The molecule has 0 bridgehead atoms. The highest BCUT2D eigenvalue weighted by Crippen LogP contribution is 2.36. The number of nitrogens with zero attached hydrogens (tertiary/aromatic N) is 2. The lowest BCUT2D eigenvalue weighted by molar-refractivity contribution is 0.576. The monoisotopic (exact) mass is 345 g/mol. The summed E-state index contributed by atoms with van der Waals surface area (Å²) in [4.78, 5) is 7.27. The van der Waals surface area contributed by atoms with Gasteiger partial charge < -0.3 is 10.2 Å². The van der Waals surface area contributed by atoms with E-state index in [9.17, 15) is 0 Å². The molecular weight excluding hydrogens is 326 g/mol. The Labute approximate surface area is 133 Å². The van der Waals surface area contributed by atoms with Crippen molar-refractivity contribution in [1.82, 2.24) is 10.3 Å². The van der Waals surface area contributed by atoms with E-state index >= 15 is 0 Å². The van der Waals surface area contributed by atoms with Gasteiger partial charge in [-0.15, -0.1) is 0 Å². The molecule has 21 heavy (non-hydrogen) atoms. The number of hydrogen-bond donors (Lipinski definition) is 1. The number of pyridine rings is 1. The maximum absolute atomic E-state index is 4.73. The predicted molar refractivity (Wildman–Crippen MR) is 90.8 cm³/mol. The molecular formula is C17H20BrN3. The van der Waals surface area contributed by atoms with Crippen molar-refractivity contribution in [3.05, 3.63) is 34.9 Å². The molecule has 1 aromatic heterocycles. The third-order valence-corrected chi connectivity index (χ3v) is 5.26. The molecule has 1 aromatic carbocycles. The van der Waals surface area contributed by atoms with Crippen LogP contribution in [-0.4, -0.2) is 30.2 Å². The molecule has 0 radical (unpaired) electrons. The van der Waals surface area contributed by atoms with Crippen molar-refractivity contribution in [3.8, 4) is 0 Å². The maximum atomic E-state index is 4.73. The topological polar surface area (TPSA) is 28.2 Å². The second-order valence-corrected chi connectivity index (χ2v) is 7.00. The largest absolute Gasteiger partial charge is 0.352 e. The Morgan fingerprint density at radius 2 is 2.10 bits per heavy atom. The van der Waals surface area contributed by atoms with Crippen LogP contribution in [0.5, 0.6) is 0 Å². The Hall–Kier alpha value is -1.13. The van der Waals surface area contributed by atoms with Crippen molar-refractivity contribution in [1.29, 1.82) is 0 Å². The second kappa shape index (κ2) is 5.58. The molecule has 3 nitrogen and oxygen atoms in total. The van der Waals surface area contributed by atoms with Crippen LogP contribution in [0.3, 0.4) is 0 Å². The number of anilines is 1. The summed E-state index contributed by atoms with van der Waals surface area (Å²) in [6, 6.07) is 9.81. The van der Waals surface area contributed by atoms with E-state index < -0.39 is 0 Å². The molecule has 2 aliphatic rings. The summed E-state index contributed by atoms with van der Waals surface area (Å²) in [5.74, 6) is 1.16. The van der Waals surface area contributed by atoms with Crippen molar-refractivity contribution >= 4 is 32.5 Å². The molecule has 4 rings (SSSR count). The van der Waals surface area contributed by atoms with E-state index in [1.807, 2.05) is 6.20 Å². The molecule has 2 aromatic rings. The van der Waals surface area contributed by atoms with Crippen LogP contribution in [0.15, 0.2) is 34.9 Å². The van der Waals surface area contributed by atoms with Crippen LogP contribution in [0.1, 0.15) is 25.7 Å². The van der Waals surface area contributed by atoms with Gasteiger partial charge in [0.05, 0.1) is 0 Å². The van der Waals surface area contributed by atoms with Crippen molar-refractivity contribution in [2.24, 2.45) is 0 Å². The minimum absolute atomic E-state index is 0.620. The standard InChI is InChI=1S/C17H20BrN3/c18-16-5-1-4-15-14(16)8-10-20-17(15)21(13-6-7-13)11-12-3-2-9-19-12/h1,4-5,8,10,12-13,19H,2-3,6-7,9,11H2. The molecule has 0 spiro atoms. The van der Waals surface area contributed by atoms with Crippen molar-refractivity contribution in [2.75, 3.05) is 18.0 Å². The Bertz CT molecular complexity index is 648. The van der Waals surface area contributed by atoms with Gasteiger partial charge in [0.2, 0.25) is 0 Å². The number of fused-ring (bicyclic) bond motifs is 1. The molecule has 1 N–H and O–H groups in total. The van der Waals surface area contributed by atoms with Crippen molar-refractivity contribution in [3.63, 3.8) is 0 Å². The van der Waals surface area contributed by atoms with Gasteiger partial charge in [-0.05, 0) is 44.4 Å². The van der Waals surface area contributed by atoms with Gasteiger partial charge in [-0.2, -0.15) is 0 Å². The average molecular weight is 346 g/mol. The summed E-state index contributed by atoms with van der Waals surface area (Å²) in [5, 5.41) is 6.14. The second-order valence-electron chi connectivity index (χ2n) is 6.15. The predicted octanol–water partition coefficient (Wildman–Crippen LogP) is 3.72. The van der Waals surface area contributed by atoms with Crippen molar-refractivity contribution < 1.29 is 0 Å². The van der Waals surface area contributed by atoms with E-state index in [2.05, 4.69) is 50.4 Å². The van der Waals surface area contributed by atoms with Crippen LogP contribution in [0, 0.1) is 0 Å². The van der Waals surface area contributed by atoms with E-state index in [1.54, 1.807) is 0 Å². The van der Waals surface area contributed by atoms with Gasteiger partial charge in [0.1, 0.15) is 5.82 Å². The smallest absolute Gasteiger partial charge is 0.136 e. The zero-order valence-corrected chi connectivity index (χ0v) is 13.6. The fourth-order valence-electron chi connectivity index (χ4n) is 3.33. The number of rotatable bonds is 4. The number of nitrogens with one attached hydrogen (secondary N) is 1. The fraction of sp³-hybridized carbons (Fsp3) is 0.471. The Balaban J connectivity index is 1.73. The number of halogens is 1. The summed E-state index contributed by atoms with van der Waals surface area (Å²) in [6.07, 6.45) is 7.15. The van der Waals surface area contributed by atoms with Crippen LogP contribution in [0.4, 0.5) is 5.82 Å². The summed E-state index contributed by atoms with van der Waals surface area (Å²) in [5.41, 5.74) is 0. The zero-order valence-electron chi connectivity index (χ0n) is 12.1. The van der Waals surface area contributed by atoms with Crippen LogP contribution in [0.2, 0.25) is 0 Å². The van der Waals surface area contributed by atoms with E-state index in [4.69, 9.17) is 4.98 Å². The molecule has 2 fully saturated rings. The van der Waals surface area contributed by atoms with Crippen LogP contribution in [-0.2, 0) is 0 Å². The highest BCUT2D eigenvalue weighted by molar-refractivity contribution is 9.10. The molecule has 1 aliphatic carbocycles. The molecule has 1 saturated heterocycles. The molecule has 4 heteroatoms. The Kier molecular flexibility index (Phi) is 3.59. The lowest BCUT2D eigenvalue weighted by atomic mass is 10.1. The van der Waals surface area contributed by atoms with E-state index in [0.29, 0.717) is 12.1 Å². The molecule has 2 heterocycles. The molecule has 1 unspecified atom stereocenters. The van der Waals surface area contributed by atoms with Gasteiger partial charge in [0.15, 0.2) is 0 Å². The van der Waals surface area contributed by atoms with Gasteiger partial charge in [0.25, 0.3) is 0 Å². The molecule has 0 amide bonds. The first-order valence-electron chi connectivity index (χ1n) is 7.86. The first-order valence-corrected chi connectivity index (χ1v) is 8.65. The Morgan fingerprint density at radius 1 is 1.19 bits per heavy atom. The lowest BCUT2D eigenvalue weighted by Crippen LogP contribution is -2.39. The summed E-state index contributed by atoms with van der Waals surface area (Å²) < 4.78 is 1.15. The third-order valence-electron chi connectivity index (χ3n) is 4.57. The average Bonchev–Trinajstić information content (AvgIpc) is 3.22. The highest BCUT2D eigenvalue weighted by atomic mass is 79.9. The minimum atomic E-state index is 0.620. The first kappa shape index (κ1) is 13.5. The van der Waals surface area contributed by atoms with Gasteiger partial charge in [0, 0.05) is 40.1 Å². The fourth-order valence-corrected chi connectivity index (χ4v) is 3.83. The third kappa shape index (κ3) is 2.67. The minimum Gasteiger partial charge on any atom is -0.352 e. The number of hydrogen-bond acceptors (Lipinski definition) is 3. The van der Waals surface area contributed by atoms with Gasteiger partial charge in [-0.1, -0.05) is 28.1 Å². The summed E-state index contributed by atoms with van der Waals surface area (Å²) in [7, 11) is 0. The normalized spacial score (nSPS) is 21.9.